The van der Waals surface area contributed by atoms with Crippen LogP contribution in [0.25, 0.3) is 11.3 Å². The number of halogens is 2. The third-order valence-electron chi connectivity index (χ3n) is 4.32. The lowest BCUT2D eigenvalue weighted by molar-refractivity contribution is -0.117. The van der Waals surface area contributed by atoms with Gasteiger partial charge in [0.25, 0.3) is 0 Å². The van der Waals surface area contributed by atoms with Gasteiger partial charge in [0, 0.05) is 29.3 Å². The van der Waals surface area contributed by atoms with Gasteiger partial charge in [-0.3, -0.25) is 14.5 Å². The quantitative estimate of drug-likeness (QED) is 0.584. The van der Waals surface area contributed by atoms with Gasteiger partial charge in [-0.05, 0) is 18.6 Å². The molecular weight excluding hydrogens is 434 g/mol. The highest BCUT2D eigenvalue weighted by Gasteiger charge is 2.24. The summed E-state index contributed by atoms with van der Waals surface area (Å²) >= 11 is 2.51. The van der Waals surface area contributed by atoms with Crippen LogP contribution in [0.4, 0.5) is 19.0 Å². The summed E-state index contributed by atoms with van der Waals surface area (Å²) in [5.41, 5.74) is 1.41. The number of para-hydroxylation sites is 1. The minimum absolute atomic E-state index is 0.0159. The van der Waals surface area contributed by atoms with Crippen molar-refractivity contribution in [2.45, 2.75) is 25.9 Å². The highest BCUT2D eigenvalue weighted by Crippen LogP contribution is 2.33. The highest BCUT2D eigenvalue weighted by molar-refractivity contribution is 7.14. The van der Waals surface area contributed by atoms with E-state index in [0.29, 0.717) is 40.2 Å². The Morgan fingerprint density at radius 3 is 2.83 bits per heavy atom. The molecule has 0 bridgehead atoms. The van der Waals surface area contributed by atoms with E-state index < -0.39 is 6.61 Å². The predicted molar refractivity (Wildman–Crippen MR) is 110 cm³/mol. The molecule has 0 spiro atoms. The Bertz CT molecular complexity index is 1070. The molecule has 30 heavy (non-hydrogen) atoms. The third-order valence-corrected chi connectivity index (χ3v) is 5.99. The number of amides is 2. The molecule has 156 valence electrons. The van der Waals surface area contributed by atoms with Crippen LogP contribution in [-0.2, 0) is 16.0 Å². The van der Waals surface area contributed by atoms with Crippen LogP contribution in [0.15, 0.2) is 35.0 Å². The van der Waals surface area contributed by atoms with Crippen LogP contribution in [0, 0.1) is 0 Å². The van der Waals surface area contributed by atoms with Gasteiger partial charge in [-0.1, -0.05) is 12.1 Å². The van der Waals surface area contributed by atoms with Crippen molar-refractivity contribution in [3.63, 3.8) is 0 Å². The first-order valence-electron chi connectivity index (χ1n) is 9.04. The van der Waals surface area contributed by atoms with Gasteiger partial charge < -0.3 is 10.1 Å². The summed E-state index contributed by atoms with van der Waals surface area (Å²) in [6.45, 7) is -2.29. The van der Waals surface area contributed by atoms with Crippen molar-refractivity contribution in [2.75, 3.05) is 16.8 Å². The molecule has 3 aromatic rings. The fraction of sp³-hybridized carbons (Fsp3) is 0.263. The van der Waals surface area contributed by atoms with Crippen molar-refractivity contribution in [3.8, 4) is 17.0 Å². The third kappa shape index (κ3) is 4.62. The van der Waals surface area contributed by atoms with Gasteiger partial charge in [0.2, 0.25) is 11.8 Å². The Balaban J connectivity index is 1.40. The second-order valence-corrected chi connectivity index (χ2v) is 8.10. The minimum Gasteiger partial charge on any atom is -0.434 e. The van der Waals surface area contributed by atoms with E-state index in [1.807, 2.05) is 0 Å². The summed E-state index contributed by atoms with van der Waals surface area (Å²) in [5.74, 6) is -0.244. The lowest BCUT2D eigenvalue weighted by Gasteiger charge is -2.10. The van der Waals surface area contributed by atoms with E-state index in [9.17, 15) is 18.4 Å². The summed E-state index contributed by atoms with van der Waals surface area (Å²) in [6, 6.07) is 6.34. The topological polar surface area (TPSA) is 84.4 Å². The zero-order valence-corrected chi connectivity index (χ0v) is 17.1. The summed E-state index contributed by atoms with van der Waals surface area (Å²) in [5, 5.41) is 7.05. The van der Waals surface area contributed by atoms with Crippen LogP contribution in [0.3, 0.4) is 0 Å². The molecule has 1 N–H and O–H groups in total. The van der Waals surface area contributed by atoms with Crippen LogP contribution >= 0.6 is 22.7 Å². The first kappa shape index (κ1) is 20.4. The summed E-state index contributed by atoms with van der Waals surface area (Å²) in [7, 11) is 0. The number of alkyl halides is 2. The second-order valence-electron chi connectivity index (χ2n) is 6.41. The molecule has 1 fully saturated rings. The van der Waals surface area contributed by atoms with Crippen molar-refractivity contribution in [1.29, 1.82) is 0 Å². The summed E-state index contributed by atoms with van der Waals surface area (Å²) in [6.07, 6.45) is 1.37. The minimum atomic E-state index is -2.94. The number of carbonyl (C=O) groups is 2. The first-order valence-corrected chi connectivity index (χ1v) is 10.8. The number of hydrogen-bond acceptors (Lipinski definition) is 7. The molecule has 3 heterocycles. The molecule has 1 aliphatic rings. The molecule has 0 aliphatic carbocycles. The predicted octanol–water partition coefficient (Wildman–Crippen LogP) is 4.18. The molecule has 7 nitrogen and oxygen atoms in total. The Hall–Kier alpha value is -2.92. The van der Waals surface area contributed by atoms with Gasteiger partial charge in [0.15, 0.2) is 10.3 Å². The zero-order chi connectivity index (χ0) is 21.1. The van der Waals surface area contributed by atoms with Gasteiger partial charge in [-0.2, -0.15) is 8.78 Å². The molecule has 0 atom stereocenters. The SMILES string of the molecule is O=C(Cc1csc(N2CCCC2=O)n1)Nc1nc(-c2ccccc2OC(F)F)cs1. The van der Waals surface area contributed by atoms with Crippen LogP contribution < -0.4 is 15.0 Å². The highest BCUT2D eigenvalue weighted by atomic mass is 32.1. The van der Waals surface area contributed by atoms with Crippen molar-refractivity contribution in [1.82, 2.24) is 9.97 Å². The molecule has 2 aromatic heterocycles. The lowest BCUT2D eigenvalue weighted by Crippen LogP contribution is -2.23. The number of ether oxygens (including phenoxy) is 1. The molecule has 11 heteroatoms. The number of rotatable bonds is 7. The number of carbonyl (C=O) groups excluding carboxylic acids is 2. The van der Waals surface area contributed by atoms with E-state index in [0.717, 1.165) is 6.42 Å². The lowest BCUT2D eigenvalue weighted by atomic mass is 10.1. The van der Waals surface area contributed by atoms with Crippen molar-refractivity contribution in [3.05, 3.63) is 40.7 Å². The Morgan fingerprint density at radius 2 is 2.07 bits per heavy atom. The van der Waals surface area contributed by atoms with E-state index >= 15 is 0 Å². The van der Waals surface area contributed by atoms with Crippen molar-refractivity contribution >= 4 is 44.8 Å². The Morgan fingerprint density at radius 1 is 1.23 bits per heavy atom. The molecule has 0 saturated carbocycles. The van der Waals surface area contributed by atoms with Crippen LogP contribution in [0.2, 0.25) is 0 Å². The molecule has 0 radical (unpaired) electrons. The second kappa shape index (κ2) is 8.84. The van der Waals surface area contributed by atoms with Gasteiger partial charge in [-0.15, -0.1) is 22.7 Å². The summed E-state index contributed by atoms with van der Waals surface area (Å²) < 4.78 is 29.7. The normalized spacial score (nSPS) is 13.8. The maximum atomic E-state index is 12.6. The molecule has 1 saturated heterocycles. The number of thiazole rings is 2. The number of aromatic nitrogens is 2. The largest absolute Gasteiger partial charge is 0.434 e. The smallest absolute Gasteiger partial charge is 0.387 e. The van der Waals surface area contributed by atoms with E-state index in [1.165, 1.54) is 28.7 Å². The average Bonchev–Trinajstić information content (AvgIpc) is 3.43. The number of nitrogens with zero attached hydrogens (tertiary/aromatic N) is 3. The van der Waals surface area contributed by atoms with Gasteiger partial charge in [0.1, 0.15) is 5.75 Å². The number of anilines is 2. The van der Waals surface area contributed by atoms with Gasteiger partial charge in [0.05, 0.1) is 17.8 Å². The van der Waals surface area contributed by atoms with Crippen LogP contribution in [0.5, 0.6) is 5.75 Å². The van der Waals surface area contributed by atoms with E-state index in [1.54, 1.807) is 33.9 Å². The van der Waals surface area contributed by atoms with Crippen molar-refractivity contribution in [2.24, 2.45) is 0 Å². The molecule has 4 rings (SSSR count). The fourth-order valence-electron chi connectivity index (χ4n) is 3.01. The van der Waals surface area contributed by atoms with Gasteiger partial charge >= 0.3 is 6.61 Å². The van der Waals surface area contributed by atoms with Crippen LogP contribution in [-0.4, -0.2) is 34.9 Å². The van der Waals surface area contributed by atoms with E-state index in [-0.39, 0.29) is 24.0 Å². The first-order chi connectivity index (χ1) is 14.5. The van der Waals surface area contributed by atoms with E-state index in [2.05, 4.69) is 20.0 Å². The average molecular weight is 450 g/mol. The standard InChI is InChI=1S/C19H16F2N4O3S2/c20-17(21)28-14-5-2-1-4-12(14)13-10-29-18(23-13)24-15(26)8-11-9-30-19(22-11)25-7-3-6-16(25)27/h1-2,4-5,9-10,17H,3,6-8H2,(H,23,24,26). The molecule has 1 aliphatic heterocycles. The monoisotopic (exact) mass is 450 g/mol. The summed E-state index contributed by atoms with van der Waals surface area (Å²) in [4.78, 5) is 34.5. The zero-order valence-electron chi connectivity index (χ0n) is 15.5. The molecule has 1 aromatic carbocycles. The number of benzene rings is 1. The number of hydrogen-bond donors (Lipinski definition) is 1. The number of nitrogens with one attached hydrogen (secondary N) is 1. The van der Waals surface area contributed by atoms with Gasteiger partial charge in [-0.25, -0.2) is 9.97 Å². The fourth-order valence-corrected chi connectivity index (χ4v) is 4.61. The maximum Gasteiger partial charge on any atom is 0.387 e. The van der Waals surface area contributed by atoms with Crippen LogP contribution in [0.1, 0.15) is 18.5 Å². The molecule has 0 unspecified atom stereocenters. The molecule has 2 amide bonds. The maximum absolute atomic E-state index is 12.6. The Kier molecular flexibility index (Phi) is 6.00. The molecular formula is C19H16F2N4O3S2. The van der Waals surface area contributed by atoms with E-state index in [4.69, 9.17) is 0 Å². The Labute approximate surface area is 178 Å². The van der Waals surface area contributed by atoms with Crippen molar-refractivity contribution < 1.29 is 23.1 Å².